The molecule has 0 amide bonds. The lowest BCUT2D eigenvalue weighted by atomic mass is 10.1. The first-order valence-electron chi connectivity index (χ1n) is 5.54. The third kappa shape index (κ3) is 6.85. The predicted molar refractivity (Wildman–Crippen MR) is 73.9 cm³/mol. The Morgan fingerprint density at radius 3 is 1.25 bits per heavy atom. The first-order valence-corrected chi connectivity index (χ1v) is 5.54. The normalized spacial score (nSPS) is 8.70. The Labute approximate surface area is 115 Å². The molecule has 0 heterocycles. The molecule has 0 fully saturated rings. The van der Waals surface area contributed by atoms with Crippen molar-refractivity contribution in [3.05, 3.63) is 36.4 Å². The van der Waals surface area contributed by atoms with Crippen LogP contribution in [0.25, 0.3) is 10.8 Å². The number of phenols is 2. The lowest BCUT2D eigenvalue weighted by Gasteiger charge is -2.01. The fourth-order valence-electron chi connectivity index (χ4n) is 1.27. The number of aliphatic carboxylic acids is 2. The third-order valence-electron chi connectivity index (χ3n) is 1.88. The molecule has 0 aromatic heterocycles. The number of rotatable bonds is 0. The first-order chi connectivity index (χ1) is 9.25. The molecule has 20 heavy (non-hydrogen) atoms. The van der Waals surface area contributed by atoms with Crippen molar-refractivity contribution < 1.29 is 30.0 Å². The topological polar surface area (TPSA) is 115 Å². The van der Waals surface area contributed by atoms with Gasteiger partial charge >= 0.3 is 0 Å². The molecule has 0 spiro atoms. The van der Waals surface area contributed by atoms with Gasteiger partial charge in [0.1, 0.15) is 11.5 Å². The number of hydrogen-bond donors (Lipinski definition) is 4. The summed E-state index contributed by atoms with van der Waals surface area (Å²) >= 11 is 0. The molecule has 6 nitrogen and oxygen atoms in total. The van der Waals surface area contributed by atoms with Gasteiger partial charge in [-0.25, -0.2) is 0 Å². The molecule has 0 unspecified atom stereocenters. The first kappa shape index (κ1) is 17.2. The number of carboxylic acid groups (broad SMARTS) is 2. The van der Waals surface area contributed by atoms with Crippen LogP contribution in [0.1, 0.15) is 13.8 Å². The van der Waals surface area contributed by atoms with Crippen LogP contribution >= 0.6 is 0 Å². The molecule has 0 radical (unpaired) electrons. The molecular formula is C14H16O6. The third-order valence-corrected chi connectivity index (χ3v) is 1.88. The van der Waals surface area contributed by atoms with Crippen molar-refractivity contribution in [1.29, 1.82) is 0 Å². The number of fused-ring (bicyclic) bond motifs is 1. The molecule has 108 valence electrons. The molecule has 0 atom stereocenters. The molecule has 2 aromatic carbocycles. The minimum absolute atomic E-state index is 0.198. The van der Waals surface area contributed by atoms with Gasteiger partial charge < -0.3 is 20.4 Å². The quantitative estimate of drug-likeness (QED) is 0.551. The van der Waals surface area contributed by atoms with Gasteiger partial charge in [0.2, 0.25) is 0 Å². The van der Waals surface area contributed by atoms with E-state index in [9.17, 15) is 10.2 Å². The number of carboxylic acids is 2. The Hall–Kier alpha value is -2.76. The highest BCUT2D eigenvalue weighted by molar-refractivity contribution is 5.92. The molecule has 0 bridgehead atoms. The molecule has 0 aliphatic heterocycles. The van der Waals surface area contributed by atoms with Crippen LogP contribution < -0.4 is 0 Å². The van der Waals surface area contributed by atoms with Crippen LogP contribution in [0.4, 0.5) is 0 Å². The maximum absolute atomic E-state index is 9.38. The second kappa shape index (κ2) is 8.36. The Kier molecular flexibility index (Phi) is 7.21. The molecule has 0 aliphatic carbocycles. The summed E-state index contributed by atoms with van der Waals surface area (Å²) in [7, 11) is 0. The molecule has 0 saturated carbocycles. The van der Waals surface area contributed by atoms with Crippen LogP contribution in [0.3, 0.4) is 0 Å². The molecule has 2 rings (SSSR count). The molecule has 0 aliphatic rings. The zero-order valence-electron chi connectivity index (χ0n) is 11.1. The van der Waals surface area contributed by atoms with Crippen LogP contribution in [-0.4, -0.2) is 32.4 Å². The molecule has 4 N–H and O–H groups in total. The van der Waals surface area contributed by atoms with Crippen molar-refractivity contribution >= 4 is 22.7 Å². The predicted octanol–water partition coefficient (Wildman–Crippen LogP) is 2.43. The summed E-state index contributed by atoms with van der Waals surface area (Å²) in [6.07, 6.45) is 0. The Morgan fingerprint density at radius 1 is 0.750 bits per heavy atom. The van der Waals surface area contributed by atoms with Crippen molar-refractivity contribution in [2.45, 2.75) is 13.8 Å². The Morgan fingerprint density at radius 2 is 1.00 bits per heavy atom. The maximum Gasteiger partial charge on any atom is 0.300 e. The molecule has 6 heteroatoms. The highest BCUT2D eigenvalue weighted by atomic mass is 16.4. The van der Waals surface area contributed by atoms with Gasteiger partial charge in [0.25, 0.3) is 11.9 Å². The van der Waals surface area contributed by atoms with E-state index in [1.54, 1.807) is 12.1 Å². The summed E-state index contributed by atoms with van der Waals surface area (Å²) in [5.74, 6) is -1.27. The van der Waals surface area contributed by atoms with E-state index in [0.29, 0.717) is 10.8 Å². The number of benzene rings is 2. The average molecular weight is 280 g/mol. The summed E-state index contributed by atoms with van der Waals surface area (Å²) in [6, 6.07) is 10.1. The smallest absolute Gasteiger partial charge is 0.300 e. The number of carbonyl (C=O) groups is 2. The van der Waals surface area contributed by atoms with E-state index in [2.05, 4.69) is 0 Å². The fourth-order valence-corrected chi connectivity index (χ4v) is 1.27. The van der Waals surface area contributed by atoms with Gasteiger partial charge in [-0.05, 0) is 12.1 Å². The van der Waals surface area contributed by atoms with E-state index < -0.39 is 11.9 Å². The highest BCUT2D eigenvalue weighted by Crippen LogP contribution is 2.30. The lowest BCUT2D eigenvalue weighted by Crippen LogP contribution is -1.78. The molecular weight excluding hydrogens is 264 g/mol. The van der Waals surface area contributed by atoms with E-state index in [-0.39, 0.29) is 11.5 Å². The summed E-state index contributed by atoms with van der Waals surface area (Å²) in [4.78, 5) is 18.0. The van der Waals surface area contributed by atoms with Crippen LogP contribution in [-0.2, 0) is 9.59 Å². The largest absolute Gasteiger partial charge is 0.507 e. The maximum atomic E-state index is 9.38. The summed E-state index contributed by atoms with van der Waals surface area (Å²) in [5, 5.41) is 35.0. The number of hydrogen-bond acceptors (Lipinski definition) is 4. The van der Waals surface area contributed by atoms with Gasteiger partial charge in [-0.15, -0.1) is 0 Å². The Bertz CT molecular complexity index is 531. The van der Waals surface area contributed by atoms with Crippen molar-refractivity contribution in [2.24, 2.45) is 0 Å². The van der Waals surface area contributed by atoms with Gasteiger partial charge in [-0.3, -0.25) is 9.59 Å². The van der Waals surface area contributed by atoms with Gasteiger partial charge in [-0.2, -0.15) is 0 Å². The highest BCUT2D eigenvalue weighted by Gasteiger charge is 2.01. The van der Waals surface area contributed by atoms with Crippen LogP contribution in [0, 0.1) is 0 Å². The van der Waals surface area contributed by atoms with Gasteiger partial charge in [0, 0.05) is 24.6 Å². The van der Waals surface area contributed by atoms with E-state index in [1.165, 1.54) is 12.1 Å². The molecule has 2 aromatic rings. The van der Waals surface area contributed by atoms with Crippen molar-refractivity contribution in [3.8, 4) is 11.5 Å². The van der Waals surface area contributed by atoms with E-state index in [0.717, 1.165) is 13.8 Å². The van der Waals surface area contributed by atoms with Crippen molar-refractivity contribution in [3.63, 3.8) is 0 Å². The van der Waals surface area contributed by atoms with Crippen LogP contribution in [0.2, 0.25) is 0 Å². The van der Waals surface area contributed by atoms with Crippen LogP contribution in [0.15, 0.2) is 36.4 Å². The van der Waals surface area contributed by atoms with Gasteiger partial charge in [-0.1, -0.05) is 24.3 Å². The minimum atomic E-state index is -0.833. The zero-order chi connectivity index (χ0) is 15.7. The summed E-state index contributed by atoms with van der Waals surface area (Å²) in [5.41, 5.74) is 0. The standard InChI is InChI=1S/C10H8O2.2C2H4O2/c11-9-5-6-10(12)8-4-2-1-3-7(8)9;2*1-2(3)4/h1-6,11-12H;2*1H3,(H,3,4). The second-order valence-electron chi connectivity index (χ2n) is 3.69. The van der Waals surface area contributed by atoms with Gasteiger partial charge in [0.15, 0.2) is 0 Å². The lowest BCUT2D eigenvalue weighted by molar-refractivity contribution is -0.135. The Balaban J connectivity index is 0.000000380. The number of aromatic hydroxyl groups is 2. The van der Waals surface area contributed by atoms with Crippen molar-refractivity contribution in [1.82, 2.24) is 0 Å². The average Bonchev–Trinajstić information content (AvgIpc) is 2.33. The molecule has 0 saturated heterocycles. The van der Waals surface area contributed by atoms with E-state index >= 15 is 0 Å². The summed E-state index contributed by atoms with van der Waals surface area (Å²) in [6.45, 7) is 2.17. The van der Waals surface area contributed by atoms with Gasteiger partial charge in [0.05, 0.1) is 0 Å². The van der Waals surface area contributed by atoms with E-state index in [1.807, 2.05) is 12.1 Å². The number of phenolic OH excluding ortho intramolecular Hbond substituents is 2. The second-order valence-corrected chi connectivity index (χ2v) is 3.69. The minimum Gasteiger partial charge on any atom is -0.507 e. The fraction of sp³-hybridized carbons (Fsp3) is 0.143. The van der Waals surface area contributed by atoms with Crippen LogP contribution in [0.5, 0.6) is 11.5 Å². The van der Waals surface area contributed by atoms with E-state index in [4.69, 9.17) is 19.8 Å². The monoisotopic (exact) mass is 280 g/mol. The summed E-state index contributed by atoms with van der Waals surface area (Å²) < 4.78 is 0. The SMILES string of the molecule is CC(=O)O.CC(=O)O.Oc1ccc(O)c2ccccc12. The van der Waals surface area contributed by atoms with Crippen molar-refractivity contribution in [2.75, 3.05) is 0 Å². The zero-order valence-corrected chi connectivity index (χ0v) is 11.1.